The van der Waals surface area contributed by atoms with Crippen LogP contribution in [0.5, 0.6) is 0 Å². The molecule has 0 rings (SSSR count). The highest BCUT2D eigenvalue weighted by Crippen LogP contribution is 2.10. The highest BCUT2D eigenvalue weighted by Gasteiger charge is 2.32. The zero-order valence-corrected chi connectivity index (χ0v) is 23.2. The van der Waals surface area contributed by atoms with Gasteiger partial charge in [0.05, 0.1) is 12.6 Å². The Kier molecular flexibility index (Phi) is 15.3. The SMILES string of the molecule is CC(=O)N[C@@H](CO)C(=O)N[C@@H](C)C(=O)N[C@H](C(=O)N[C@@H](CC(C)C)C(=O)N[C@H](C=O)CC(C)C)C(C)C. The van der Waals surface area contributed by atoms with E-state index >= 15 is 0 Å². The van der Waals surface area contributed by atoms with Crippen LogP contribution in [0.25, 0.3) is 0 Å². The fourth-order valence-corrected chi connectivity index (χ4v) is 3.54. The fraction of sp³-hybridized carbons (Fsp3) is 0.760. The van der Waals surface area contributed by atoms with Crippen LogP contribution in [0.2, 0.25) is 0 Å². The number of nitrogens with one attached hydrogen (secondary N) is 5. The second kappa shape index (κ2) is 16.7. The van der Waals surface area contributed by atoms with Crippen LogP contribution in [-0.2, 0) is 28.8 Å². The molecule has 0 fully saturated rings. The predicted octanol–water partition coefficient (Wildman–Crippen LogP) is -0.610. The Bertz CT molecular complexity index is 800. The van der Waals surface area contributed by atoms with Crippen molar-refractivity contribution in [1.82, 2.24) is 26.6 Å². The molecule has 212 valence electrons. The molecule has 0 aromatic rings. The van der Waals surface area contributed by atoms with Gasteiger partial charge >= 0.3 is 0 Å². The van der Waals surface area contributed by atoms with Crippen molar-refractivity contribution in [3.63, 3.8) is 0 Å². The second-order valence-corrected chi connectivity index (χ2v) is 10.5. The summed E-state index contributed by atoms with van der Waals surface area (Å²) >= 11 is 0. The van der Waals surface area contributed by atoms with Gasteiger partial charge in [0, 0.05) is 6.92 Å². The number of hydrogen-bond acceptors (Lipinski definition) is 7. The van der Waals surface area contributed by atoms with Gasteiger partial charge < -0.3 is 36.5 Å². The van der Waals surface area contributed by atoms with E-state index in [0.717, 1.165) is 0 Å². The van der Waals surface area contributed by atoms with E-state index in [1.807, 2.05) is 27.7 Å². The Labute approximate surface area is 219 Å². The molecule has 5 atom stereocenters. The van der Waals surface area contributed by atoms with Crippen LogP contribution in [-0.4, -0.2) is 77.7 Å². The van der Waals surface area contributed by atoms with Gasteiger partial charge in [-0.15, -0.1) is 0 Å². The summed E-state index contributed by atoms with van der Waals surface area (Å²) in [6.45, 7) is 13.0. The molecule has 12 heteroatoms. The predicted molar refractivity (Wildman–Crippen MR) is 138 cm³/mol. The average molecular weight is 528 g/mol. The molecule has 0 spiro atoms. The van der Waals surface area contributed by atoms with Gasteiger partial charge in [-0.2, -0.15) is 0 Å². The Balaban J connectivity index is 5.42. The molecule has 0 aliphatic carbocycles. The molecule has 0 saturated carbocycles. The summed E-state index contributed by atoms with van der Waals surface area (Å²) in [6, 6.07) is -4.91. The zero-order chi connectivity index (χ0) is 28.9. The third kappa shape index (κ3) is 13.2. The minimum atomic E-state index is -1.22. The van der Waals surface area contributed by atoms with Crippen molar-refractivity contribution in [2.45, 2.75) is 98.4 Å². The minimum Gasteiger partial charge on any atom is -0.394 e. The Hall–Kier alpha value is -3.02. The summed E-state index contributed by atoms with van der Waals surface area (Å²) in [5.74, 6) is -3.13. The highest BCUT2D eigenvalue weighted by molar-refractivity contribution is 5.95. The Morgan fingerprint density at radius 2 is 1.22 bits per heavy atom. The van der Waals surface area contributed by atoms with Crippen molar-refractivity contribution >= 4 is 35.8 Å². The normalized spacial score (nSPS) is 15.2. The van der Waals surface area contributed by atoms with Gasteiger partial charge in [0.2, 0.25) is 29.5 Å². The standard InChI is InChI=1S/C25H45N5O7/c1-13(2)9-18(11-31)28-23(35)19(10-14(3)4)29-25(37)21(15(5)6)30-22(34)16(7)26-24(36)20(12-32)27-17(8)33/h11,13-16,18-21,32H,9-10,12H2,1-8H3,(H,26,36)(H,27,33)(H,28,35)(H,29,37)(H,30,34)/t16-,18-,19-,20-,21-/m0/s1. The van der Waals surface area contributed by atoms with Crippen LogP contribution in [0.1, 0.15) is 68.2 Å². The summed E-state index contributed by atoms with van der Waals surface area (Å²) in [4.78, 5) is 73.6. The number of carbonyl (C=O) groups is 6. The number of rotatable bonds is 16. The molecule has 12 nitrogen and oxygen atoms in total. The van der Waals surface area contributed by atoms with Gasteiger partial charge in [0.1, 0.15) is 30.5 Å². The zero-order valence-electron chi connectivity index (χ0n) is 23.2. The second-order valence-electron chi connectivity index (χ2n) is 10.5. The van der Waals surface area contributed by atoms with Crippen molar-refractivity contribution in [2.75, 3.05) is 6.61 Å². The van der Waals surface area contributed by atoms with Crippen LogP contribution < -0.4 is 26.6 Å². The van der Waals surface area contributed by atoms with Crippen molar-refractivity contribution in [2.24, 2.45) is 17.8 Å². The van der Waals surface area contributed by atoms with Gasteiger partial charge in [-0.3, -0.25) is 24.0 Å². The summed E-state index contributed by atoms with van der Waals surface area (Å²) in [5, 5.41) is 21.9. The van der Waals surface area contributed by atoms with Gasteiger partial charge in [0.25, 0.3) is 0 Å². The molecular formula is C25H45N5O7. The molecule has 0 aliphatic heterocycles. The van der Waals surface area contributed by atoms with Crippen LogP contribution in [0.3, 0.4) is 0 Å². The molecule has 0 aromatic heterocycles. The molecule has 0 aromatic carbocycles. The quantitative estimate of drug-likeness (QED) is 0.145. The molecule has 0 bridgehead atoms. The summed E-state index contributed by atoms with van der Waals surface area (Å²) in [7, 11) is 0. The van der Waals surface area contributed by atoms with Crippen LogP contribution in [0.4, 0.5) is 0 Å². The maximum atomic E-state index is 13.1. The van der Waals surface area contributed by atoms with E-state index in [1.54, 1.807) is 13.8 Å². The fourth-order valence-electron chi connectivity index (χ4n) is 3.54. The third-order valence-electron chi connectivity index (χ3n) is 5.43. The molecular weight excluding hydrogens is 482 g/mol. The maximum Gasteiger partial charge on any atom is 0.245 e. The van der Waals surface area contributed by atoms with E-state index < -0.39 is 66.4 Å². The van der Waals surface area contributed by atoms with Crippen molar-refractivity contribution in [3.8, 4) is 0 Å². The molecule has 0 radical (unpaired) electrons. The van der Waals surface area contributed by atoms with E-state index in [9.17, 15) is 33.9 Å². The van der Waals surface area contributed by atoms with Gasteiger partial charge in [0.15, 0.2) is 0 Å². The lowest BCUT2D eigenvalue weighted by molar-refractivity contribution is -0.135. The lowest BCUT2D eigenvalue weighted by Gasteiger charge is -2.28. The summed E-state index contributed by atoms with van der Waals surface area (Å²) in [6.07, 6.45) is 1.46. The first-order chi connectivity index (χ1) is 17.1. The van der Waals surface area contributed by atoms with Crippen LogP contribution in [0, 0.1) is 17.8 Å². The number of hydrogen-bond donors (Lipinski definition) is 6. The molecule has 6 N–H and O–H groups in total. The van der Waals surface area contributed by atoms with E-state index in [0.29, 0.717) is 19.1 Å². The molecule has 0 aliphatic rings. The van der Waals surface area contributed by atoms with Gasteiger partial charge in [-0.05, 0) is 37.5 Å². The van der Waals surface area contributed by atoms with E-state index in [4.69, 9.17) is 0 Å². The van der Waals surface area contributed by atoms with Crippen LogP contribution in [0.15, 0.2) is 0 Å². The van der Waals surface area contributed by atoms with Crippen LogP contribution >= 0.6 is 0 Å². The maximum absolute atomic E-state index is 13.1. The number of amides is 5. The van der Waals surface area contributed by atoms with E-state index in [2.05, 4.69) is 26.6 Å². The van der Waals surface area contributed by atoms with Crippen molar-refractivity contribution in [1.29, 1.82) is 0 Å². The third-order valence-corrected chi connectivity index (χ3v) is 5.43. The van der Waals surface area contributed by atoms with Crippen molar-refractivity contribution in [3.05, 3.63) is 0 Å². The number of aliphatic hydroxyl groups excluding tert-OH is 1. The van der Waals surface area contributed by atoms with Crippen molar-refractivity contribution < 1.29 is 33.9 Å². The Morgan fingerprint density at radius 1 is 0.676 bits per heavy atom. The molecule has 0 saturated heterocycles. The number of aliphatic hydroxyl groups is 1. The average Bonchev–Trinajstić information content (AvgIpc) is 2.78. The van der Waals surface area contributed by atoms with Gasteiger partial charge in [-0.25, -0.2) is 0 Å². The lowest BCUT2D eigenvalue weighted by atomic mass is 9.99. The lowest BCUT2D eigenvalue weighted by Crippen LogP contribution is -2.59. The monoisotopic (exact) mass is 527 g/mol. The molecule has 37 heavy (non-hydrogen) atoms. The van der Waals surface area contributed by atoms with E-state index in [1.165, 1.54) is 13.8 Å². The first-order valence-electron chi connectivity index (χ1n) is 12.7. The molecule has 5 amide bonds. The first kappa shape index (κ1) is 34.0. The largest absolute Gasteiger partial charge is 0.394 e. The topological polar surface area (TPSA) is 183 Å². The Morgan fingerprint density at radius 3 is 1.65 bits per heavy atom. The summed E-state index contributed by atoms with van der Waals surface area (Å²) < 4.78 is 0. The number of aldehydes is 1. The molecule has 0 heterocycles. The molecule has 0 unspecified atom stereocenters. The highest BCUT2D eigenvalue weighted by atomic mass is 16.3. The first-order valence-corrected chi connectivity index (χ1v) is 12.7. The summed E-state index contributed by atoms with van der Waals surface area (Å²) in [5.41, 5.74) is 0. The van der Waals surface area contributed by atoms with Gasteiger partial charge in [-0.1, -0.05) is 41.5 Å². The van der Waals surface area contributed by atoms with E-state index in [-0.39, 0.29) is 17.8 Å². The smallest absolute Gasteiger partial charge is 0.245 e. The number of carbonyl (C=O) groups excluding carboxylic acids is 6. The minimum absolute atomic E-state index is 0.0567.